The minimum atomic E-state index is -0.754. The number of carbonyl (C=O) groups is 2. The largest absolute Gasteiger partial charge is 0.420 e. The van der Waals surface area contributed by atoms with E-state index in [4.69, 9.17) is 4.42 Å². The molecule has 0 aliphatic carbocycles. The van der Waals surface area contributed by atoms with Gasteiger partial charge in [0.2, 0.25) is 11.8 Å². The van der Waals surface area contributed by atoms with Gasteiger partial charge in [-0.2, -0.15) is 5.10 Å². The van der Waals surface area contributed by atoms with E-state index >= 15 is 0 Å². The van der Waals surface area contributed by atoms with Crippen molar-refractivity contribution in [3.05, 3.63) is 85.2 Å². The first-order chi connectivity index (χ1) is 23.1. The Labute approximate surface area is 285 Å². The van der Waals surface area contributed by atoms with E-state index in [1.165, 1.54) is 20.4 Å². The van der Waals surface area contributed by atoms with Gasteiger partial charge < -0.3 is 19.5 Å². The van der Waals surface area contributed by atoms with Crippen LogP contribution in [0, 0.1) is 0 Å². The Morgan fingerprint density at radius 3 is 2.52 bits per heavy atom. The SMILES string of the molecule is CN1C[C@@H](Nc2cnn(C)c(=O)c2Br)C[C@@H](c2ccc(CN3CCN(c4ccc5c(c4)oc(=O)n5C4CCC(=O)NC4=O)CC3)cc2)C1. The Hall–Kier alpha value is -4.27. The fourth-order valence-corrected chi connectivity index (χ4v) is 7.73. The molecule has 13 nitrogen and oxygen atoms in total. The molecule has 252 valence electrons. The molecule has 2 aromatic heterocycles. The van der Waals surface area contributed by atoms with Gasteiger partial charge in [0.05, 0.1) is 17.4 Å². The number of nitrogens with one attached hydrogen (secondary N) is 2. The van der Waals surface area contributed by atoms with Crippen LogP contribution in [0.4, 0.5) is 11.4 Å². The highest BCUT2D eigenvalue weighted by Crippen LogP contribution is 2.30. The van der Waals surface area contributed by atoms with Gasteiger partial charge in [-0.3, -0.25) is 29.2 Å². The first-order valence-corrected chi connectivity index (χ1v) is 17.1. The van der Waals surface area contributed by atoms with E-state index in [1.54, 1.807) is 13.2 Å². The van der Waals surface area contributed by atoms with Crippen molar-refractivity contribution >= 4 is 50.2 Å². The number of fused-ring (bicyclic) bond motifs is 1. The highest BCUT2D eigenvalue weighted by Gasteiger charge is 2.32. The van der Waals surface area contributed by atoms with Crippen LogP contribution in [0.2, 0.25) is 0 Å². The van der Waals surface area contributed by atoms with Gasteiger partial charge in [0.25, 0.3) is 5.56 Å². The van der Waals surface area contributed by atoms with Crippen molar-refractivity contribution < 1.29 is 14.0 Å². The number of amides is 2. The van der Waals surface area contributed by atoms with E-state index in [0.29, 0.717) is 21.5 Å². The van der Waals surface area contributed by atoms with E-state index in [1.807, 2.05) is 18.2 Å². The lowest BCUT2D eigenvalue weighted by atomic mass is 9.87. The number of likely N-dealkylation sites (N-methyl/N-ethyl adjacent to an activating group) is 1. The van der Waals surface area contributed by atoms with Crippen LogP contribution in [-0.4, -0.2) is 88.3 Å². The quantitative estimate of drug-likeness (QED) is 0.275. The zero-order valence-electron chi connectivity index (χ0n) is 27.0. The number of oxazole rings is 1. The Morgan fingerprint density at radius 2 is 1.77 bits per heavy atom. The molecule has 7 rings (SSSR count). The molecule has 48 heavy (non-hydrogen) atoms. The molecular formula is C34H39BrN8O5. The van der Waals surface area contributed by atoms with Gasteiger partial charge in [0, 0.05) is 77.1 Å². The lowest BCUT2D eigenvalue weighted by molar-refractivity contribution is -0.135. The summed E-state index contributed by atoms with van der Waals surface area (Å²) < 4.78 is 8.73. The summed E-state index contributed by atoms with van der Waals surface area (Å²) in [4.78, 5) is 56.1. The van der Waals surface area contributed by atoms with Crippen LogP contribution in [0.1, 0.15) is 42.3 Å². The number of nitrogens with zero attached hydrogens (tertiary/aromatic N) is 6. The molecule has 1 unspecified atom stereocenters. The van der Waals surface area contributed by atoms with Crippen molar-refractivity contribution in [2.24, 2.45) is 7.05 Å². The Bertz CT molecular complexity index is 1960. The van der Waals surface area contributed by atoms with Crippen LogP contribution in [0.5, 0.6) is 0 Å². The number of hydrogen-bond acceptors (Lipinski definition) is 10. The normalized spacial score (nSPS) is 22.6. The average molecular weight is 720 g/mol. The predicted molar refractivity (Wildman–Crippen MR) is 185 cm³/mol. The number of hydrogen-bond donors (Lipinski definition) is 2. The topological polar surface area (TPSA) is 138 Å². The lowest BCUT2D eigenvalue weighted by Gasteiger charge is -2.37. The zero-order valence-corrected chi connectivity index (χ0v) is 28.6. The number of piperazine rings is 1. The van der Waals surface area contributed by atoms with Crippen LogP contribution < -0.4 is 26.8 Å². The number of imide groups is 1. The third-order valence-corrected chi connectivity index (χ3v) is 10.6. The van der Waals surface area contributed by atoms with Gasteiger partial charge in [-0.15, -0.1) is 0 Å². The van der Waals surface area contributed by atoms with Crippen molar-refractivity contribution in [1.29, 1.82) is 0 Å². The van der Waals surface area contributed by atoms with Crippen LogP contribution in [0.25, 0.3) is 11.1 Å². The zero-order chi connectivity index (χ0) is 33.5. The van der Waals surface area contributed by atoms with E-state index in [9.17, 15) is 19.2 Å². The Morgan fingerprint density at radius 1 is 1.00 bits per heavy atom. The summed E-state index contributed by atoms with van der Waals surface area (Å²) in [6.07, 6.45) is 3.13. The molecule has 3 aliphatic heterocycles. The second-order valence-corrected chi connectivity index (χ2v) is 14.0. The molecule has 4 aromatic rings. The number of aromatic nitrogens is 3. The standard InChI is InChI=1S/C34H39BrN8O5/c1-39-19-23(15-24(20-39)37-26-17-36-40(2)33(46)31(26)35)22-5-3-21(4-6-22)18-41-11-13-42(14-12-41)25-7-8-27-29(16-25)48-34(47)43(27)28-9-10-30(44)38-32(28)45/h3-8,16-17,23-24,28,37H,9-15,18-20H2,1-2H3,(H,38,44,45)/t23-,24+,28?/m1/s1. The number of anilines is 2. The number of aryl methyl sites for hydroxylation is 1. The van der Waals surface area contributed by atoms with Gasteiger partial charge in [-0.25, -0.2) is 9.48 Å². The summed E-state index contributed by atoms with van der Waals surface area (Å²) in [7, 11) is 3.78. The van der Waals surface area contributed by atoms with Crippen molar-refractivity contribution in [2.75, 3.05) is 56.5 Å². The summed E-state index contributed by atoms with van der Waals surface area (Å²) >= 11 is 3.43. The number of carbonyl (C=O) groups excluding carboxylic acids is 2. The fourth-order valence-electron chi connectivity index (χ4n) is 7.26. The van der Waals surface area contributed by atoms with E-state index in [0.717, 1.165) is 63.6 Å². The van der Waals surface area contributed by atoms with Crippen LogP contribution in [-0.2, 0) is 23.2 Å². The maximum absolute atomic E-state index is 12.7. The molecule has 2 aromatic carbocycles. The molecule has 3 aliphatic rings. The molecule has 3 fully saturated rings. The molecule has 2 amide bonds. The fraction of sp³-hybridized carbons (Fsp3) is 0.441. The molecule has 0 bridgehead atoms. The van der Waals surface area contributed by atoms with Crippen molar-refractivity contribution in [3.63, 3.8) is 0 Å². The molecule has 0 spiro atoms. The van der Waals surface area contributed by atoms with E-state index in [2.05, 4.69) is 77.7 Å². The summed E-state index contributed by atoms with van der Waals surface area (Å²) in [6.45, 7) is 6.21. The maximum Gasteiger partial charge on any atom is 0.420 e. The molecule has 5 heterocycles. The number of benzene rings is 2. The molecular weight excluding hydrogens is 680 g/mol. The highest BCUT2D eigenvalue weighted by molar-refractivity contribution is 9.10. The predicted octanol–water partition coefficient (Wildman–Crippen LogP) is 2.65. The van der Waals surface area contributed by atoms with Crippen molar-refractivity contribution in [3.8, 4) is 0 Å². The minimum Gasteiger partial charge on any atom is -0.408 e. The van der Waals surface area contributed by atoms with Gasteiger partial charge in [-0.05, 0) is 65.0 Å². The summed E-state index contributed by atoms with van der Waals surface area (Å²) in [6, 6.07) is 14.1. The first-order valence-electron chi connectivity index (χ1n) is 16.3. The Balaban J connectivity index is 0.946. The first kappa shape index (κ1) is 32.3. The third kappa shape index (κ3) is 6.56. The van der Waals surface area contributed by atoms with Crippen molar-refractivity contribution in [2.45, 2.75) is 43.8 Å². The monoisotopic (exact) mass is 718 g/mol. The van der Waals surface area contributed by atoms with Gasteiger partial charge in [-0.1, -0.05) is 24.3 Å². The second kappa shape index (κ2) is 13.3. The molecule has 0 radical (unpaired) electrons. The van der Waals surface area contributed by atoms with Crippen LogP contribution >= 0.6 is 15.9 Å². The summed E-state index contributed by atoms with van der Waals surface area (Å²) in [5, 5.41) is 10.0. The number of piperidine rings is 2. The molecule has 3 saturated heterocycles. The van der Waals surface area contributed by atoms with Gasteiger partial charge >= 0.3 is 5.76 Å². The molecule has 3 atom stereocenters. The van der Waals surface area contributed by atoms with Crippen LogP contribution in [0.3, 0.4) is 0 Å². The van der Waals surface area contributed by atoms with Gasteiger partial charge in [0.1, 0.15) is 10.5 Å². The van der Waals surface area contributed by atoms with Gasteiger partial charge in [0.15, 0.2) is 5.58 Å². The number of halogens is 1. The number of rotatable bonds is 7. The maximum atomic E-state index is 12.7. The summed E-state index contributed by atoms with van der Waals surface area (Å²) in [5.41, 5.74) is 5.12. The van der Waals surface area contributed by atoms with E-state index < -0.39 is 17.7 Å². The number of likely N-dealkylation sites (tertiary alicyclic amines) is 1. The lowest BCUT2D eigenvalue weighted by Crippen LogP contribution is -2.46. The summed E-state index contributed by atoms with van der Waals surface area (Å²) in [5.74, 6) is -1.01. The average Bonchev–Trinajstić information content (AvgIpc) is 3.40. The smallest absolute Gasteiger partial charge is 0.408 e. The Kier molecular flexibility index (Phi) is 8.96. The second-order valence-electron chi connectivity index (χ2n) is 13.2. The van der Waals surface area contributed by atoms with E-state index in [-0.39, 0.29) is 30.3 Å². The van der Waals surface area contributed by atoms with Crippen molar-refractivity contribution in [1.82, 2.24) is 29.5 Å². The minimum absolute atomic E-state index is 0.159. The molecule has 0 saturated carbocycles. The molecule has 2 N–H and O–H groups in total. The highest BCUT2D eigenvalue weighted by atomic mass is 79.9. The third-order valence-electron chi connectivity index (χ3n) is 9.78. The van der Waals surface area contributed by atoms with Crippen LogP contribution in [0.15, 0.2) is 67.1 Å². The molecule has 14 heteroatoms.